The van der Waals surface area contributed by atoms with Crippen molar-refractivity contribution < 1.29 is 13.9 Å². The lowest BCUT2D eigenvalue weighted by Crippen LogP contribution is -2.44. The fraction of sp³-hybridized carbons (Fsp3) is 0.500. The summed E-state index contributed by atoms with van der Waals surface area (Å²) in [5, 5.41) is 12.6. The van der Waals surface area contributed by atoms with Gasteiger partial charge in [-0.25, -0.2) is 8.78 Å². The zero-order valence-corrected chi connectivity index (χ0v) is 9.13. The van der Waals surface area contributed by atoms with Crippen molar-refractivity contribution in [3.05, 3.63) is 35.4 Å². The molecule has 0 spiro atoms. The summed E-state index contributed by atoms with van der Waals surface area (Å²) in [7, 11) is 0. The van der Waals surface area contributed by atoms with Crippen LogP contribution >= 0.6 is 0 Å². The van der Waals surface area contributed by atoms with E-state index in [1.165, 1.54) is 6.07 Å². The van der Waals surface area contributed by atoms with Crippen molar-refractivity contribution in [1.29, 1.82) is 0 Å². The Morgan fingerprint density at radius 2 is 2.06 bits per heavy atom. The maximum absolute atomic E-state index is 13.1. The van der Waals surface area contributed by atoms with E-state index >= 15 is 0 Å². The maximum atomic E-state index is 13.1. The highest BCUT2D eigenvalue weighted by molar-refractivity contribution is 5.26. The number of aliphatic hydroxyl groups excluding tert-OH is 1. The molecule has 1 unspecified atom stereocenters. The Hall–Kier alpha value is -1.00. The molecule has 16 heavy (non-hydrogen) atoms. The molecule has 1 aromatic carbocycles. The number of hydrogen-bond acceptors (Lipinski definition) is 2. The molecule has 1 saturated carbocycles. The first-order chi connectivity index (χ1) is 7.55. The third-order valence-electron chi connectivity index (χ3n) is 2.97. The summed E-state index contributed by atoms with van der Waals surface area (Å²) in [6.07, 6.45) is 2.14. The minimum atomic E-state index is -0.880. The highest BCUT2D eigenvalue weighted by Gasteiger charge is 2.33. The molecule has 0 bridgehead atoms. The van der Waals surface area contributed by atoms with Gasteiger partial charge in [0.25, 0.3) is 0 Å². The van der Waals surface area contributed by atoms with Crippen LogP contribution in [0.25, 0.3) is 0 Å². The van der Waals surface area contributed by atoms with Crippen LogP contribution in [0.3, 0.4) is 0 Å². The zero-order valence-electron chi connectivity index (χ0n) is 9.13. The second-order valence-corrected chi connectivity index (χ2v) is 4.54. The van der Waals surface area contributed by atoms with Gasteiger partial charge >= 0.3 is 0 Å². The fourth-order valence-electron chi connectivity index (χ4n) is 1.74. The Kier molecular flexibility index (Phi) is 2.95. The van der Waals surface area contributed by atoms with E-state index in [0.717, 1.165) is 25.0 Å². The van der Waals surface area contributed by atoms with E-state index < -0.39 is 17.2 Å². The van der Waals surface area contributed by atoms with E-state index in [4.69, 9.17) is 0 Å². The van der Waals surface area contributed by atoms with Crippen molar-refractivity contribution in [1.82, 2.24) is 5.32 Å². The van der Waals surface area contributed by atoms with Crippen LogP contribution in [-0.2, 0) is 5.54 Å². The van der Waals surface area contributed by atoms with Gasteiger partial charge in [-0.1, -0.05) is 6.07 Å². The van der Waals surface area contributed by atoms with Crippen molar-refractivity contribution in [3.63, 3.8) is 0 Å². The third-order valence-corrected chi connectivity index (χ3v) is 2.97. The van der Waals surface area contributed by atoms with Gasteiger partial charge in [0.15, 0.2) is 11.6 Å². The van der Waals surface area contributed by atoms with Crippen molar-refractivity contribution >= 4 is 0 Å². The van der Waals surface area contributed by atoms with Crippen LogP contribution in [0.2, 0.25) is 0 Å². The van der Waals surface area contributed by atoms with Crippen LogP contribution in [0.15, 0.2) is 18.2 Å². The highest BCUT2D eigenvalue weighted by atomic mass is 19.2. The first-order valence-corrected chi connectivity index (χ1v) is 5.39. The molecule has 0 amide bonds. The maximum Gasteiger partial charge on any atom is 0.159 e. The minimum absolute atomic E-state index is 0.144. The highest BCUT2D eigenvalue weighted by Crippen LogP contribution is 2.28. The summed E-state index contributed by atoms with van der Waals surface area (Å²) in [6.45, 7) is 1.65. The zero-order chi connectivity index (χ0) is 11.8. The van der Waals surface area contributed by atoms with Crippen LogP contribution in [0.5, 0.6) is 0 Å². The van der Waals surface area contributed by atoms with Gasteiger partial charge < -0.3 is 10.4 Å². The number of rotatable bonds is 4. The molecule has 0 aromatic heterocycles. The van der Waals surface area contributed by atoms with Crippen molar-refractivity contribution in [2.75, 3.05) is 6.61 Å². The van der Waals surface area contributed by atoms with Gasteiger partial charge in [0, 0.05) is 6.04 Å². The Balaban J connectivity index is 2.27. The molecule has 88 valence electrons. The van der Waals surface area contributed by atoms with Crippen molar-refractivity contribution in [2.45, 2.75) is 31.3 Å². The molecule has 4 heteroatoms. The predicted octanol–water partition coefficient (Wildman–Crippen LogP) is 1.92. The van der Waals surface area contributed by atoms with Crippen molar-refractivity contribution in [3.8, 4) is 0 Å². The van der Waals surface area contributed by atoms with Gasteiger partial charge in [-0.05, 0) is 37.5 Å². The lowest BCUT2D eigenvalue weighted by Gasteiger charge is -2.29. The van der Waals surface area contributed by atoms with E-state index in [1.54, 1.807) is 6.92 Å². The predicted molar refractivity (Wildman–Crippen MR) is 57.0 cm³/mol. The van der Waals surface area contributed by atoms with Gasteiger partial charge in [0.1, 0.15) is 0 Å². The number of benzene rings is 1. The molecular weight excluding hydrogens is 212 g/mol. The van der Waals surface area contributed by atoms with Crippen LogP contribution in [0.4, 0.5) is 8.78 Å². The topological polar surface area (TPSA) is 32.3 Å². The van der Waals surface area contributed by atoms with Gasteiger partial charge in [-0.15, -0.1) is 0 Å². The number of hydrogen-bond donors (Lipinski definition) is 2. The van der Waals surface area contributed by atoms with Crippen LogP contribution in [0, 0.1) is 11.6 Å². The second kappa shape index (κ2) is 4.11. The molecule has 2 nitrogen and oxygen atoms in total. The average Bonchev–Trinajstić information content (AvgIpc) is 3.05. The van der Waals surface area contributed by atoms with Crippen LogP contribution < -0.4 is 5.32 Å². The third kappa shape index (κ3) is 2.23. The smallest absolute Gasteiger partial charge is 0.159 e. The Morgan fingerprint density at radius 3 is 2.56 bits per heavy atom. The lowest BCUT2D eigenvalue weighted by atomic mass is 9.92. The van der Waals surface area contributed by atoms with E-state index in [-0.39, 0.29) is 6.61 Å². The monoisotopic (exact) mass is 227 g/mol. The van der Waals surface area contributed by atoms with Gasteiger partial charge in [-0.2, -0.15) is 0 Å². The van der Waals surface area contributed by atoms with Crippen LogP contribution in [-0.4, -0.2) is 17.8 Å². The number of aliphatic hydroxyl groups is 1. The van der Waals surface area contributed by atoms with Gasteiger partial charge in [0.2, 0.25) is 0 Å². The Morgan fingerprint density at radius 1 is 1.38 bits per heavy atom. The summed E-state index contributed by atoms with van der Waals surface area (Å²) in [5.41, 5.74) is -0.129. The molecule has 1 fully saturated rings. The molecule has 1 aliphatic carbocycles. The van der Waals surface area contributed by atoms with Crippen LogP contribution in [0.1, 0.15) is 25.3 Å². The molecule has 1 aromatic rings. The SMILES string of the molecule is CC(CO)(NC1CC1)c1ccc(F)c(F)c1. The summed E-state index contributed by atoms with van der Waals surface area (Å²) >= 11 is 0. The van der Waals surface area contributed by atoms with E-state index in [9.17, 15) is 13.9 Å². The summed E-state index contributed by atoms with van der Waals surface area (Å²) < 4.78 is 25.9. The molecule has 1 aliphatic rings. The molecule has 0 heterocycles. The molecule has 0 saturated heterocycles. The number of halogens is 2. The lowest BCUT2D eigenvalue weighted by molar-refractivity contribution is 0.173. The molecule has 2 N–H and O–H groups in total. The van der Waals surface area contributed by atoms with E-state index in [0.29, 0.717) is 11.6 Å². The molecule has 0 radical (unpaired) electrons. The van der Waals surface area contributed by atoms with E-state index in [2.05, 4.69) is 5.32 Å². The first kappa shape index (κ1) is 11.5. The summed E-state index contributed by atoms with van der Waals surface area (Å²) in [5.74, 6) is -1.75. The second-order valence-electron chi connectivity index (χ2n) is 4.54. The Labute approximate surface area is 93.3 Å². The number of nitrogens with one attached hydrogen (secondary N) is 1. The van der Waals surface area contributed by atoms with Crippen molar-refractivity contribution in [2.24, 2.45) is 0 Å². The van der Waals surface area contributed by atoms with E-state index in [1.807, 2.05) is 0 Å². The normalized spacial score (nSPS) is 19.5. The first-order valence-electron chi connectivity index (χ1n) is 5.39. The summed E-state index contributed by atoms with van der Waals surface area (Å²) in [4.78, 5) is 0. The standard InChI is InChI=1S/C12H15F2NO/c1-12(7-16,15-9-3-4-9)8-2-5-10(13)11(14)6-8/h2,5-6,9,15-16H,3-4,7H2,1H3. The largest absolute Gasteiger partial charge is 0.394 e. The Bertz CT molecular complexity index is 393. The molecule has 0 aliphatic heterocycles. The fourth-order valence-corrected chi connectivity index (χ4v) is 1.74. The average molecular weight is 227 g/mol. The molecule has 1 atom stereocenters. The summed E-state index contributed by atoms with van der Waals surface area (Å²) in [6, 6.07) is 4.11. The molecule has 2 rings (SSSR count). The van der Waals surface area contributed by atoms with Gasteiger partial charge in [0.05, 0.1) is 12.1 Å². The quantitative estimate of drug-likeness (QED) is 0.823. The van der Waals surface area contributed by atoms with Gasteiger partial charge in [-0.3, -0.25) is 0 Å². The molecular formula is C12H15F2NO. The minimum Gasteiger partial charge on any atom is -0.394 e.